The van der Waals surface area contributed by atoms with Gasteiger partial charge in [0.2, 0.25) is 0 Å². The van der Waals surface area contributed by atoms with Crippen LogP contribution in [0, 0.1) is 19.8 Å². The van der Waals surface area contributed by atoms with Crippen LogP contribution in [0.5, 0.6) is 0 Å². The first kappa shape index (κ1) is 12.4. The highest BCUT2D eigenvalue weighted by Gasteiger charge is 2.47. The standard InChI is InChI=1S/C14H15NO3S/c1-8-9(2)19-13(15-8)7-18-14(16)11-6-10(11)12-4-3-5-17-12/h3-5,10-11H,6-7H2,1-2H3/t10-,11+/m0/s1. The minimum Gasteiger partial charge on any atom is -0.469 e. The maximum Gasteiger partial charge on any atom is 0.310 e. The van der Waals surface area contributed by atoms with Gasteiger partial charge in [0, 0.05) is 10.8 Å². The van der Waals surface area contributed by atoms with Gasteiger partial charge in [-0.25, -0.2) is 4.98 Å². The van der Waals surface area contributed by atoms with E-state index in [0.717, 1.165) is 22.9 Å². The summed E-state index contributed by atoms with van der Waals surface area (Å²) in [7, 11) is 0. The molecule has 2 aromatic heterocycles. The lowest BCUT2D eigenvalue weighted by molar-refractivity contribution is -0.146. The minimum atomic E-state index is -0.146. The number of aromatic nitrogens is 1. The highest BCUT2D eigenvalue weighted by molar-refractivity contribution is 7.11. The molecular weight excluding hydrogens is 262 g/mol. The first-order valence-electron chi connectivity index (χ1n) is 6.28. The highest BCUT2D eigenvalue weighted by Crippen LogP contribution is 2.48. The normalized spacial score (nSPS) is 21.4. The maximum atomic E-state index is 11.9. The Morgan fingerprint density at radius 2 is 2.42 bits per heavy atom. The molecule has 100 valence electrons. The Morgan fingerprint density at radius 3 is 3.05 bits per heavy atom. The van der Waals surface area contributed by atoms with E-state index in [2.05, 4.69) is 4.98 Å². The van der Waals surface area contributed by atoms with Crippen LogP contribution < -0.4 is 0 Å². The van der Waals surface area contributed by atoms with E-state index in [9.17, 15) is 4.79 Å². The van der Waals surface area contributed by atoms with Crippen molar-refractivity contribution in [3.8, 4) is 0 Å². The van der Waals surface area contributed by atoms with E-state index in [1.165, 1.54) is 4.88 Å². The SMILES string of the molecule is Cc1nc(COC(=O)[C@@H]2C[C@@H]2c2ccco2)sc1C. The van der Waals surface area contributed by atoms with E-state index in [-0.39, 0.29) is 24.4 Å². The average Bonchev–Trinajstić information content (AvgIpc) is 2.86. The molecular formula is C14H15NO3S. The second-order valence-electron chi connectivity index (χ2n) is 4.82. The summed E-state index contributed by atoms with van der Waals surface area (Å²) in [4.78, 5) is 17.4. The monoisotopic (exact) mass is 277 g/mol. The van der Waals surface area contributed by atoms with Crippen molar-refractivity contribution in [1.82, 2.24) is 4.98 Å². The minimum absolute atomic E-state index is 0.0479. The Balaban J connectivity index is 1.53. The summed E-state index contributed by atoms with van der Waals surface area (Å²) in [5.74, 6) is 0.880. The molecule has 2 aromatic rings. The van der Waals surface area contributed by atoms with Gasteiger partial charge in [-0.2, -0.15) is 0 Å². The molecule has 2 atom stereocenters. The lowest BCUT2D eigenvalue weighted by atomic mass is 10.2. The first-order valence-corrected chi connectivity index (χ1v) is 7.09. The Morgan fingerprint density at radius 1 is 1.58 bits per heavy atom. The van der Waals surface area contributed by atoms with E-state index in [0.29, 0.717) is 0 Å². The van der Waals surface area contributed by atoms with Gasteiger partial charge in [0.15, 0.2) is 0 Å². The third-order valence-electron chi connectivity index (χ3n) is 3.41. The summed E-state index contributed by atoms with van der Waals surface area (Å²) in [6.07, 6.45) is 2.46. The molecule has 19 heavy (non-hydrogen) atoms. The zero-order valence-corrected chi connectivity index (χ0v) is 11.7. The summed E-state index contributed by atoms with van der Waals surface area (Å²) in [5, 5.41) is 0.860. The third kappa shape index (κ3) is 2.56. The number of ether oxygens (including phenoxy) is 1. The number of furan rings is 1. The summed E-state index contributed by atoms with van der Waals surface area (Å²) in [6.45, 7) is 4.26. The number of esters is 1. The van der Waals surface area contributed by atoms with Crippen LogP contribution in [-0.4, -0.2) is 11.0 Å². The predicted molar refractivity (Wildman–Crippen MR) is 70.9 cm³/mol. The van der Waals surface area contributed by atoms with E-state index < -0.39 is 0 Å². The highest BCUT2D eigenvalue weighted by atomic mass is 32.1. The molecule has 0 N–H and O–H groups in total. The van der Waals surface area contributed by atoms with Gasteiger partial charge >= 0.3 is 5.97 Å². The molecule has 4 nitrogen and oxygen atoms in total. The molecule has 1 aliphatic rings. The smallest absolute Gasteiger partial charge is 0.310 e. The van der Waals surface area contributed by atoms with Crippen LogP contribution in [0.25, 0.3) is 0 Å². The molecule has 3 rings (SSSR count). The maximum absolute atomic E-state index is 11.9. The lowest BCUT2D eigenvalue weighted by Gasteiger charge is -2.01. The average molecular weight is 277 g/mol. The fourth-order valence-electron chi connectivity index (χ4n) is 2.11. The topological polar surface area (TPSA) is 52.3 Å². The number of hydrogen-bond acceptors (Lipinski definition) is 5. The van der Waals surface area contributed by atoms with Crippen LogP contribution in [0.3, 0.4) is 0 Å². The van der Waals surface area contributed by atoms with Gasteiger partial charge in [0.05, 0.1) is 17.9 Å². The van der Waals surface area contributed by atoms with Crippen LogP contribution in [0.15, 0.2) is 22.8 Å². The van der Waals surface area contributed by atoms with Gasteiger partial charge in [-0.3, -0.25) is 4.79 Å². The molecule has 0 radical (unpaired) electrons. The number of carbonyl (C=O) groups is 1. The molecule has 0 amide bonds. The second kappa shape index (κ2) is 4.81. The zero-order chi connectivity index (χ0) is 13.4. The molecule has 0 bridgehead atoms. The number of aryl methyl sites for hydroxylation is 2. The van der Waals surface area contributed by atoms with Gasteiger partial charge in [0.1, 0.15) is 17.4 Å². The Hall–Kier alpha value is -1.62. The summed E-state index contributed by atoms with van der Waals surface area (Å²) in [5.41, 5.74) is 1.01. The number of carbonyl (C=O) groups excluding carboxylic acids is 1. The molecule has 0 aromatic carbocycles. The molecule has 2 heterocycles. The first-order chi connectivity index (χ1) is 9.15. The van der Waals surface area contributed by atoms with Gasteiger partial charge < -0.3 is 9.15 Å². The van der Waals surface area contributed by atoms with Crippen molar-refractivity contribution in [2.24, 2.45) is 5.92 Å². The van der Waals surface area contributed by atoms with Crippen LogP contribution >= 0.6 is 11.3 Å². The summed E-state index contributed by atoms with van der Waals surface area (Å²) < 4.78 is 10.6. The molecule has 0 saturated heterocycles. The van der Waals surface area contributed by atoms with E-state index >= 15 is 0 Å². The largest absolute Gasteiger partial charge is 0.469 e. The Labute approximate surface area is 115 Å². The fourth-order valence-corrected chi connectivity index (χ4v) is 2.96. The third-order valence-corrected chi connectivity index (χ3v) is 4.46. The molecule has 0 unspecified atom stereocenters. The van der Waals surface area contributed by atoms with Gasteiger partial charge in [-0.1, -0.05) is 0 Å². The van der Waals surface area contributed by atoms with Crippen molar-refractivity contribution in [2.75, 3.05) is 0 Å². The van der Waals surface area contributed by atoms with Gasteiger partial charge in [0.25, 0.3) is 0 Å². The van der Waals surface area contributed by atoms with Gasteiger partial charge in [-0.15, -0.1) is 11.3 Å². The molecule has 0 spiro atoms. The molecule has 1 aliphatic carbocycles. The van der Waals surface area contributed by atoms with Crippen LogP contribution in [0.1, 0.15) is 33.7 Å². The van der Waals surface area contributed by atoms with Crippen molar-refractivity contribution >= 4 is 17.3 Å². The zero-order valence-electron chi connectivity index (χ0n) is 10.9. The van der Waals surface area contributed by atoms with E-state index in [4.69, 9.17) is 9.15 Å². The number of thiazole rings is 1. The number of hydrogen-bond donors (Lipinski definition) is 0. The second-order valence-corrected chi connectivity index (χ2v) is 6.11. The summed E-state index contributed by atoms with van der Waals surface area (Å²) >= 11 is 1.58. The lowest BCUT2D eigenvalue weighted by Crippen LogP contribution is -2.07. The summed E-state index contributed by atoms with van der Waals surface area (Å²) in [6, 6.07) is 3.75. The number of nitrogens with zero attached hydrogens (tertiary/aromatic N) is 1. The van der Waals surface area contributed by atoms with Crippen LogP contribution in [0.4, 0.5) is 0 Å². The van der Waals surface area contributed by atoms with Crippen LogP contribution in [0.2, 0.25) is 0 Å². The molecule has 5 heteroatoms. The quantitative estimate of drug-likeness (QED) is 0.805. The van der Waals surface area contributed by atoms with E-state index in [1.807, 2.05) is 26.0 Å². The van der Waals surface area contributed by atoms with Crippen molar-refractivity contribution < 1.29 is 13.9 Å². The molecule has 0 aliphatic heterocycles. The molecule has 1 fully saturated rings. The predicted octanol–water partition coefficient (Wildman–Crippen LogP) is 3.20. The van der Waals surface area contributed by atoms with Gasteiger partial charge in [-0.05, 0) is 32.4 Å². The van der Waals surface area contributed by atoms with Crippen molar-refractivity contribution in [3.05, 3.63) is 39.7 Å². The van der Waals surface area contributed by atoms with E-state index in [1.54, 1.807) is 17.6 Å². The fraction of sp³-hybridized carbons (Fsp3) is 0.429. The molecule has 1 saturated carbocycles. The number of rotatable bonds is 4. The van der Waals surface area contributed by atoms with Crippen molar-refractivity contribution in [3.63, 3.8) is 0 Å². The Kier molecular flexibility index (Phi) is 3.14. The van der Waals surface area contributed by atoms with Crippen molar-refractivity contribution in [1.29, 1.82) is 0 Å². The van der Waals surface area contributed by atoms with Crippen LogP contribution in [-0.2, 0) is 16.1 Å². The van der Waals surface area contributed by atoms with Crippen molar-refractivity contribution in [2.45, 2.75) is 32.8 Å². The Bertz CT molecular complexity index is 568.